The summed E-state index contributed by atoms with van der Waals surface area (Å²) >= 11 is 0. The van der Waals surface area contributed by atoms with Crippen LogP contribution in [0.4, 0.5) is 0 Å². The minimum Gasteiger partial charge on any atom is -0.348 e. The van der Waals surface area contributed by atoms with Crippen molar-refractivity contribution in [2.75, 3.05) is 14.0 Å². The van der Waals surface area contributed by atoms with Gasteiger partial charge in [0.1, 0.15) is 5.65 Å². The minimum absolute atomic E-state index is 0.0537. The molecule has 1 aromatic carbocycles. The summed E-state index contributed by atoms with van der Waals surface area (Å²) in [6.07, 6.45) is 1.20. The fourth-order valence-electron chi connectivity index (χ4n) is 2.26. The molecule has 0 fully saturated rings. The molecule has 118 valence electrons. The van der Waals surface area contributed by atoms with Crippen LogP contribution in [0.5, 0.6) is 0 Å². The number of aryl methyl sites for hydroxylation is 1. The molecule has 3 aromatic rings. The zero-order valence-corrected chi connectivity index (χ0v) is 12.7. The number of benzene rings is 1. The van der Waals surface area contributed by atoms with Crippen LogP contribution >= 0.6 is 0 Å². The molecule has 0 aliphatic rings. The quantitative estimate of drug-likeness (QED) is 0.743. The summed E-state index contributed by atoms with van der Waals surface area (Å²) in [5.74, 6) is -0.770. The first-order valence-electron chi connectivity index (χ1n) is 11.9. The number of carbonyl (C=O) groups is 1. The lowest BCUT2D eigenvalue weighted by atomic mass is 10.1. The number of fused-ring (bicyclic) bond motifs is 1. The molecule has 4 heteroatoms. The molecule has 2 aromatic heterocycles. The van der Waals surface area contributed by atoms with Crippen molar-refractivity contribution in [2.24, 2.45) is 0 Å². The molecule has 0 atom stereocenters. The van der Waals surface area contributed by atoms with Gasteiger partial charge in [0.05, 0.1) is 23.3 Å². The van der Waals surface area contributed by atoms with Crippen LogP contribution in [0.1, 0.15) is 30.5 Å². The van der Waals surface area contributed by atoms with Crippen molar-refractivity contribution >= 4 is 11.6 Å². The predicted molar refractivity (Wildman–Crippen MR) is 92.5 cm³/mol. The minimum atomic E-state index is -2.87. The lowest BCUT2D eigenvalue weighted by Crippen LogP contribution is -2.24. The SMILES string of the molecule is [2H]c1c([2H])c(C([2H])([2H])[2H])c([2H])c([2H])c1-c1nc2ccc(C)cn2c1CC(=O)N(C)C([2H])([2H])[2H]. The van der Waals surface area contributed by atoms with E-state index < -0.39 is 55.9 Å². The summed E-state index contributed by atoms with van der Waals surface area (Å²) in [5.41, 5.74) is 0.270. The number of nitrogens with zero attached hydrogens (tertiary/aromatic N) is 3. The molecule has 0 saturated carbocycles. The molecule has 23 heavy (non-hydrogen) atoms. The van der Waals surface area contributed by atoms with Gasteiger partial charge in [-0.15, -0.1) is 0 Å². The molecule has 4 nitrogen and oxygen atoms in total. The molecule has 0 saturated heterocycles. The third kappa shape index (κ3) is 2.97. The highest BCUT2D eigenvalue weighted by Crippen LogP contribution is 2.26. The van der Waals surface area contributed by atoms with E-state index in [9.17, 15) is 4.79 Å². The molecule has 2 heterocycles. The number of carbonyl (C=O) groups excluding carboxylic acids is 1. The van der Waals surface area contributed by atoms with Crippen molar-refractivity contribution in [3.8, 4) is 11.3 Å². The van der Waals surface area contributed by atoms with E-state index in [4.69, 9.17) is 13.7 Å². The Labute approximate surface area is 150 Å². The summed E-state index contributed by atoms with van der Waals surface area (Å²) in [6.45, 7) is -3.76. The summed E-state index contributed by atoms with van der Waals surface area (Å²) < 4.78 is 79.8. The van der Waals surface area contributed by atoms with E-state index >= 15 is 0 Å². The van der Waals surface area contributed by atoms with Crippen LogP contribution in [0.25, 0.3) is 16.9 Å². The normalized spacial score (nSPS) is 18.3. The number of aromatic nitrogens is 2. The maximum Gasteiger partial charge on any atom is 0.228 e. The van der Waals surface area contributed by atoms with Crippen molar-refractivity contribution in [3.63, 3.8) is 0 Å². The number of hydrogen-bond acceptors (Lipinski definition) is 2. The number of amides is 1. The molecule has 0 spiro atoms. The van der Waals surface area contributed by atoms with Gasteiger partial charge in [-0.2, -0.15) is 0 Å². The number of likely N-dealkylation sites (N-methyl/N-ethyl adjacent to an activating group) is 1. The second kappa shape index (κ2) is 5.88. The van der Waals surface area contributed by atoms with E-state index in [0.29, 0.717) is 10.5 Å². The first kappa shape index (κ1) is 7.30. The van der Waals surface area contributed by atoms with E-state index in [1.807, 2.05) is 0 Å². The molecule has 0 N–H and O–H groups in total. The van der Waals surface area contributed by atoms with E-state index in [2.05, 4.69) is 4.98 Å². The maximum atomic E-state index is 12.7. The molecule has 0 unspecified atom stereocenters. The van der Waals surface area contributed by atoms with Gasteiger partial charge in [-0.1, -0.05) is 35.8 Å². The lowest BCUT2D eigenvalue weighted by molar-refractivity contribution is -0.128. The van der Waals surface area contributed by atoms with Crippen LogP contribution in [-0.4, -0.2) is 34.2 Å². The molecule has 0 aliphatic carbocycles. The Kier molecular flexibility index (Phi) is 1.87. The van der Waals surface area contributed by atoms with Crippen LogP contribution < -0.4 is 0 Å². The van der Waals surface area contributed by atoms with E-state index in [-0.39, 0.29) is 17.0 Å². The average molecular weight is 317 g/mol. The summed E-state index contributed by atoms with van der Waals surface area (Å²) in [7, 11) is 1.13. The van der Waals surface area contributed by atoms with Gasteiger partial charge < -0.3 is 9.30 Å². The van der Waals surface area contributed by atoms with Gasteiger partial charge in [0.15, 0.2) is 0 Å². The van der Waals surface area contributed by atoms with Crippen LogP contribution in [-0.2, 0) is 11.2 Å². The largest absolute Gasteiger partial charge is 0.348 e. The smallest absolute Gasteiger partial charge is 0.228 e. The summed E-state index contributed by atoms with van der Waals surface area (Å²) in [6, 6.07) is 0.708. The highest BCUT2D eigenvalue weighted by atomic mass is 16.2. The number of imidazole rings is 1. The van der Waals surface area contributed by atoms with Gasteiger partial charge in [0.2, 0.25) is 5.91 Å². The summed E-state index contributed by atoms with van der Waals surface area (Å²) in [4.78, 5) is 17.7. The van der Waals surface area contributed by atoms with Crippen molar-refractivity contribution in [2.45, 2.75) is 20.2 Å². The molecular weight excluding hydrogens is 286 g/mol. The molecule has 0 radical (unpaired) electrons. The average Bonchev–Trinajstić information content (AvgIpc) is 3.01. The van der Waals surface area contributed by atoms with Crippen molar-refractivity contribution in [3.05, 3.63) is 59.3 Å². The molecular formula is C19H21N3O. The standard InChI is InChI=1S/C19H21N3O/c1-13-5-8-15(9-6-13)19-16(11-18(23)21(3)4)22-12-14(2)7-10-17(22)20-19/h5-10,12H,11H2,1-4H3/i1D3,3D3,5D,6D,8D,9D. The Morgan fingerprint density at radius 3 is 2.78 bits per heavy atom. The number of pyridine rings is 1. The number of hydrogen-bond donors (Lipinski definition) is 0. The second-order valence-electron chi connectivity index (χ2n) is 5.22. The van der Waals surface area contributed by atoms with E-state index in [1.54, 1.807) is 25.3 Å². The van der Waals surface area contributed by atoms with Gasteiger partial charge >= 0.3 is 0 Å². The first-order valence-corrected chi connectivity index (χ1v) is 6.91. The zero-order valence-electron chi connectivity index (χ0n) is 22.7. The Morgan fingerprint density at radius 2 is 2.09 bits per heavy atom. The Morgan fingerprint density at radius 1 is 1.30 bits per heavy atom. The van der Waals surface area contributed by atoms with Gasteiger partial charge in [-0.05, 0) is 25.4 Å². The third-order valence-corrected chi connectivity index (χ3v) is 3.42. The Hall–Kier alpha value is -2.62. The Balaban J connectivity index is 2.33. The van der Waals surface area contributed by atoms with Crippen molar-refractivity contribution in [1.82, 2.24) is 14.3 Å². The fourth-order valence-corrected chi connectivity index (χ4v) is 2.26. The third-order valence-electron chi connectivity index (χ3n) is 3.42. The topological polar surface area (TPSA) is 37.6 Å². The number of rotatable bonds is 3. The molecule has 0 aliphatic heterocycles. The van der Waals surface area contributed by atoms with Gasteiger partial charge in [0.25, 0.3) is 0 Å². The Bertz CT molecular complexity index is 1230. The second-order valence-corrected chi connectivity index (χ2v) is 5.22. The zero-order chi connectivity index (χ0) is 25.0. The predicted octanol–water partition coefficient (Wildman–Crippen LogP) is 3.25. The monoisotopic (exact) mass is 317 g/mol. The van der Waals surface area contributed by atoms with Crippen LogP contribution in [0.2, 0.25) is 0 Å². The van der Waals surface area contributed by atoms with E-state index in [0.717, 1.165) is 12.6 Å². The highest BCUT2D eigenvalue weighted by molar-refractivity contribution is 5.81. The van der Waals surface area contributed by atoms with Crippen molar-refractivity contribution < 1.29 is 18.5 Å². The van der Waals surface area contributed by atoms with E-state index in [1.165, 1.54) is 4.40 Å². The lowest BCUT2D eigenvalue weighted by Gasteiger charge is -2.11. The van der Waals surface area contributed by atoms with Gasteiger partial charge in [-0.3, -0.25) is 4.79 Å². The highest BCUT2D eigenvalue weighted by Gasteiger charge is 2.18. The van der Waals surface area contributed by atoms with Gasteiger partial charge in [-0.25, -0.2) is 4.98 Å². The van der Waals surface area contributed by atoms with Crippen LogP contribution in [0, 0.1) is 13.8 Å². The maximum absolute atomic E-state index is 12.7. The fraction of sp³-hybridized carbons (Fsp3) is 0.263. The molecule has 1 amide bonds. The molecule has 0 bridgehead atoms. The van der Waals surface area contributed by atoms with Crippen LogP contribution in [0.3, 0.4) is 0 Å². The van der Waals surface area contributed by atoms with Gasteiger partial charge in [0, 0.05) is 34.0 Å². The van der Waals surface area contributed by atoms with Crippen LogP contribution in [0.15, 0.2) is 42.5 Å². The van der Waals surface area contributed by atoms with Crippen molar-refractivity contribution in [1.29, 1.82) is 0 Å². The summed E-state index contributed by atoms with van der Waals surface area (Å²) in [5, 5.41) is 0. The first-order chi connectivity index (χ1) is 15.1. The molecule has 3 rings (SSSR count).